The fourth-order valence-corrected chi connectivity index (χ4v) is 2.61. The molecule has 4 heteroatoms. The fourth-order valence-electron chi connectivity index (χ4n) is 2.61. The molecule has 0 aliphatic carbocycles. The molecule has 20 heavy (non-hydrogen) atoms. The van der Waals surface area contributed by atoms with Crippen LogP contribution >= 0.6 is 0 Å². The molecule has 1 amide bonds. The number of nitrogens with one attached hydrogen (secondary N) is 1. The zero-order valence-electron chi connectivity index (χ0n) is 12.4. The van der Waals surface area contributed by atoms with Crippen molar-refractivity contribution in [3.05, 3.63) is 35.4 Å². The van der Waals surface area contributed by atoms with Crippen LogP contribution in [0, 0.1) is 6.92 Å². The Kier molecular flexibility index (Phi) is 5.56. The summed E-state index contributed by atoms with van der Waals surface area (Å²) in [7, 11) is 1.56. The molecule has 2 rings (SSSR count). The van der Waals surface area contributed by atoms with Crippen molar-refractivity contribution in [3.63, 3.8) is 0 Å². The summed E-state index contributed by atoms with van der Waals surface area (Å²) < 4.78 is 4.90. The van der Waals surface area contributed by atoms with E-state index in [0.717, 1.165) is 32.5 Å². The van der Waals surface area contributed by atoms with Crippen molar-refractivity contribution in [2.45, 2.75) is 32.4 Å². The Morgan fingerprint density at radius 1 is 1.35 bits per heavy atom. The Bertz CT molecular complexity index is 440. The normalized spacial score (nSPS) is 16.4. The number of aryl methyl sites for hydroxylation is 1. The zero-order valence-corrected chi connectivity index (χ0v) is 12.4. The first-order valence-electron chi connectivity index (χ1n) is 7.25. The van der Waals surface area contributed by atoms with Crippen molar-refractivity contribution < 1.29 is 9.53 Å². The van der Waals surface area contributed by atoms with Crippen molar-refractivity contribution in [2.24, 2.45) is 0 Å². The van der Waals surface area contributed by atoms with E-state index in [1.807, 2.05) is 4.90 Å². The van der Waals surface area contributed by atoms with Crippen LogP contribution in [-0.2, 0) is 16.1 Å². The van der Waals surface area contributed by atoms with E-state index in [1.165, 1.54) is 11.1 Å². The molecule has 1 fully saturated rings. The first kappa shape index (κ1) is 15.0. The number of ether oxygens (including phenoxy) is 1. The summed E-state index contributed by atoms with van der Waals surface area (Å²) in [5.41, 5.74) is 2.68. The predicted molar refractivity (Wildman–Crippen MR) is 79.5 cm³/mol. The molecule has 1 N–H and O–H groups in total. The predicted octanol–water partition coefficient (Wildman–Crippen LogP) is 1.72. The maximum absolute atomic E-state index is 11.7. The van der Waals surface area contributed by atoms with Crippen molar-refractivity contribution >= 4 is 5.91 Å². The summed E-state index contributed by atoms with van der Waals surface area (Å²) in [5.74, 6) is 0.102. The van der Waals surface area contributed by atoms with Gasteiger partial charge in [0.15, 0.2) is 0 Å². The molecule has 1 aromatic carbocycles. The van der Waals surface area contributed by atoms with E-state index in [2.05, 4.69) is 36.5 Å². The zero-order chi connectivity index (χ0) is 14.4. The van der Waals surface area contributed by atoms with Gasteiger partial charge in [0.25, 0.3) is 0 Å². The maximum Gasteiger partial charge on any atom is 0.248 e. The van der Waals surface area contributed by atoms with Gasteiger partial charge >= 0.3 is 0 Å². The number of methoxy groups -OCH3 is 1. The van der Waals surface area contributed by atoms with Gasteiger partial charge in [0, 0.05) is 32.8 Å². The average molecular weight is 276 g/mol. The number of nitrogens with zero attached hydrogens (tertiary/aromatic N) is 1. The van der Waals surface area contributed by atoms with Crippen LogP contribution in [0.15, 0.2) is 24.3 Å². The second kappa shape index (κ2) is 7.41. The topological polar surface area (TPSA) is 41.6 Å². The number of rotatable bonds is 5. The molecule has 0 spiro atoms. The number of piperidine rings is 1. The summed E-state index contributed by atoms with van der Waals surface area (Å²) >= 11 is 0. The van der Waals surface area contributed by atoms with Crippen LogP contribution < -0.4 is 5.32 Å². The monoisotopic (exact) mass is 276 g/mol. The third kappa shape index (κ3) is 4.05. The molecule has 1 aromatic rings. The molecular weight excluding hydrogens is 252 g/mol. The smallest absolute Gasteiger partial charge is 0.248 e. The van der Waals surface area contributed by atoms with Crippen LogP contribution in [-0.4, -0.2) is 43.7 Å². The van der Waals surface area contributed by atoms with Crippen LogP contribution in [0.3, 0.4) is 0 Å². The highest BCUT2D eigenvalue weighted by atomic mass is 16.5. The standard InChI is InChI=1S/C16H24N2O2/c1-13-5-3-4-6-14(13)11-17-15-7-9-18(10-8-15)16(19)12-20-2/h3-6,15,17H,7-12H2,1-2H3. The molecule has 0 bridgehead atoms. The van der Waals surface area contributed by atoms with Gasteiger partial charge in [0.2, 0.25) is 5.91 Å². The first-order chi connectivity index (χ1) is 9.70. The quantitative estimate of drug-likeness (QED) is 0.890. The van der Waals surface area contributed by atoms with E-state index in [0.29, 0.717) is 6.04 Å². The molecule has 1 aliphatic rings. The highest BCUT2D eigenvalue weighted by Gasteiger charge is 2.22. The van der Waals surface area contributed by atoms with Gasteiger partial charge in [-0.1, -0.05) is 24.3 Å². The highest BCUT2D eigenvalue weighted by Crippen LogP contribution is 2.13. The number of amides is 1. The molecule has 110 valence electrons. The summed E-state index contributed by atoms with van der Waals surface area (Å²) in [5, 5.41) is 3.60. The third-order valence-corrected chi connectivity index (χ3v) is 3.96. The minimum atomic E-state index is 0.102. The van der Waals surface area contributed by atoms with E-state index in [1.54, 1.807) is 7.11 Å². The van der Waals surface area contributed by atoms with Crippen molar-refractivity contribution in [2.75, 3.05) is 26.8 Å². The Labute approximate surface area is 121 Å². The van der Waals surface area contributed by atoms with E-state index in [-0.39, 0.29) is 12.5 Å². The summed E-state index contributed by atoms with van der Waals surface area (Å²) in [6, 6.07) is 8.96. The van der Waals surface area contributed by atoms with Crippen molar-refractivity contribution in [3.8, 4) is 0 Å². The number of hydrogen-bond acceptors (Lipinski definition) is 3. The number of carbonyl (C=O) groups excluding carboxylic acids is 1. The molecule has 0 aromatic heterocycles. The van der Waals surface area contributed by atoms with Crippen LogP contribution in [0.1, 0.15) is 24.0 Å². The lowest BCUT2D eigenvalue weighted by Gasteiger charge is -2.32. The molecular formula is C16H24N2O2. The van der Waals surface area contributed by atoms with Gasteiger partial charge in [0.1, 0.15) is 6.61 Å². The molecule has 0 saturated carbocycles. The second-order valence-electron chi connectivity index (χ2n) is 5.40. The lowest BCUT2D eigenvalue weighted by molar-refractivity contribution is -0.136. The summed E-state index contributed by atoms with van der Waals surface area (Å²) in [4.78, 5) is 13.6. The largest absolute Gasteiger partial charge is 0.375 e. The average Bonchev–Trinajstić information content (AvgIpc) is 2.47. The third-order valence-electron chi connectivity index (χ3n) is 3.96. The summed E-state index contributed by atoms with van der Waals surface area (Å²) in [6.45, 7) is 4.90. The fraction of sp³-hybridized carbons (Fsp3) is 0.562. The Morgan fingerprint density at radius 2 is 2.05 bits per heavy atom. The van der Waals surface area contributed by atoms with Gasteiger partial charge in [-0.25, -0.2) is 0 Å². The molecule has 4 nitrogen and oxygen atoms in total. The lowest BCUT2D eigenvalue weighted by atomic mass is 10.0. The lowest BCUT2D eigenvalue weighted by Crippen LogP contribution is -2.45. The van der Waals surface area contributed by atoms with Gasteiger partial charge in [-0.2, -0.15) is 0 Å². The SMILES string of the molecule is COCC(=O)N1CCC(NCc2ccccc2C)CC1. The Morgan fingerprint density at radius 3 is 2.70 bits per heavy atom. The highest BCUT2D eigenvalue weighted by molar-refractivity contribution is 5.77. The van der Waals surface area contributed by atoms with Crippen LogP contribution in [0.4, 0.5) is 0 Å². The minimum Gasteiger partial charge on any atom is -0.375 e. The number of carbonyl (C=O) groups is 1. The van der Waals surface area contributed by atoms with E-state index in [9.17, 15) is 4.79 Å². The van der Waals surface area contributed by atoms with Crippen LogP contribution in [0.5, 0.6) is 0 Å². The van der Waals surface area contributed by atoms with E-state index in [4.69, 9.17) is 4.74 Å². The van der Waals surface area contributed by atoms with Gasteiger partial charge in [-0.05, 0) is 30.9 Å². The van der Waals surface area contributed by atoms with Gasteiger partial charge in [0.05, 0.1) is 0 Å². The van der Waals surface area contributed by atoms with Gasteiger partial charge < -0.3 is 15.0 Å². The van der Waals surface area contributed by atoms with E-state index >= 15 is 0 Å². The Balaban J connectivity index is 1.75. The molecule has 1 heterocycles. The van der Waals surface area contributed by atoms with Crippen molar-refractivity contribution in [1.29, 1.82) is 0 Å². The van der Waals surface area contributed by atoms with Crippen molar-refractivity contribution in [1.82, 2.24) is 10.2 Å². The second-order valence-corrected chi connectivity index (χ2v) is 5.40. The maximum atomic E-state index is 11.7. The Hall–Kier alpha value is -1.39. The molecule has 1 aliphatic heterocycles. The number of hydrogen-bond donors (Lipinski definition) is 1. The van der Waals surface area contributed by atoms with Gasteiger partial charge in [-0.3, -0.25) is 4.79 Å². The minimum absolute atomic E-state index is 0.102. The molecule has 1 saturated heterocycles. The van der Waals surface area contributed by atoms with Crippen LogP contribution in [0.2, 0.25) is 0 Å². The number of benzene rings is 1. The summed E-state index contributed by atoms with van der Waals surface area (Å²) in [6.07, 6.45) is 2.03. The number of likely N-dealkylation sites (tertiary alicyclic amines) is 1. The van der Waals surface area contributed by atoms with Crippen LogP contribution in [0.25, 0.3) is 0 Å². The molecule has 0 radical (unpaired) electrons. The first-order valence-corrected chi connectivity index (χ1v) is 7.25. The molecule has 0 unspecified atom stereocenters. The van der Waals surface area contributed by atoms with Gasteiger partial charge in [-0.15, -0.1) is 0 Å². The van der Waals surface area contributed by atoms with E-state index < -0.39 is 0 Å². The molecule has 0 atom stereocenters.